The maximum Gasteiger partial charge on any atom is 0.329 e. The minimum absolute atomic E-state index is 0.0147. The number of phenolic OH excluding ortho intramolecular Hbond substituents is 3. The first kappa shape index (κ1) is 70.7. The number of ether oxygens (including phenoxy) is 1. The number of phenols is 3. The number of carbonyl (C=O) groups is 10. The zero-order valence-electron chi connectivity index (χ0n) is 50.3. The second-order valence-corrected chi connectivity index (χ2v) is 23.3. The van der Waals surface area contributed by atoms with Crippen LogP contribution in [0.4, 0.5) is 0 Å². The third kappa shape index (κ3) is 19.2. The van der Waals surface area contributed by atoms with Crippen LogP contribution in [0.3, 0.4) is 0 Å². The van der Waals surface area contributed by atoms with Gasteiger partial charge in [0.05, 0.1) is 17.7 Å². The van der Waals surface area contributed by atoms with E-state index < -0.39 is 156 Å². The van der Waals surface area contributed by atoms with Gasteiger partial charge in [-0.05, 0) is 131 Å². The van der Waals surface area contributed by atoms with Gasteiger partial charge in [0.1, 0.15) is 84.0 Å². The Kier molecular flexibility index (Phi) is 25.9. The summed E-state index contributed by atoms with van der Waals surface area (Å²) in [5.74, 6) is -12.1. The first-order valence-corrected chi connectivity index (χ1v) is 29.4. The van der Waals surface area contributed by atoms with Crippen molar-refractivity contribution in [3.63, 3.8) is 0 Å². The van der Waals surface area contributed by atoms with Crippen LogP contribution >= 0.6 is 11.6 Å². The lowest BCUT2D eigenvalue weighted by atomic mass is 9.96. The Hall–Kier alpha value is -8.11. The highest BCUT2D eigenvalue weighted by Crippen LogP contribution is 2.28. The van der Waals surface area contributed by atoms with Crippen molar-refractivity contribution in [1.29, 1.82) is 0 Å². The summed E-state index contributed by atoms with van der Waals surface area (Å²) in [5, 5.41) is 89.7. The Bertz CT molecular complexity index is 2970. The second-order valence-electron chi connectivity index (χ2n) is 22.9. The highest BCUT2D eigenvalue weighted by Gasteiger charge is 2.47. The summed E-state index contributed by atoms with van der Waals surface area (Å²) in [4.78, 5) is 145. The molecule has 14 N–H and O–H groups in total. The highest BCUT2D eigenvalue weighted by molar-refractivity contribution is 6.32. The molecule has 13 atom stereocenters. The van der Waals surface area contributed by atoms with Crippen LogP contribution in [-0.2, 0) is 71.9 Å². The molecule has 0 aliphatic carbocycles. The van der Waals surface area contributed by atoms with Crippen LogP contribution in [0.25, 0.3) is 0 Å². The first-order chi connectivity index (χ1) is 41.4. The lowest BCUT2D eigenvalue weighted by molar-refractivity contribution is -0.170. The molecular formula is C60H82ClN9O18. The molecular weight excluding hydrogens is 1170 g/mol. The van der Waals surface area contributed by atoms with E-state index in [4.69, 9.17) is 16.3 Å². The number of benzene rings is 3. The van der Waals surface area contributed by atoms with Crippen molar-refractivity contribution in [2.45, 2.75) is 179 Å². The molecule has 2 fully saturated rings. The van der Waals surface area contributed by atoms with E-state index in [9.17, 15) is 83.7 Å². The fourth-order valence-corrected chi connectivity index (χ4v) is 10.3. The number of hydrogen-bond donors (Lipinski definition) is 14. The molecule has 0 unspecified atom stereocenters. The number of aryl methyl sites for hydroxylation is 2. The smallest absolute Gasteiger partial charge is 0.329 e. The van der Waals surface area contributed by atoms with Gasteiger partial charge in [0.2, 0.25) is 47.3 Å². The number of rotatable bonds is 21. The standard InChI is InChI=1S/C60H82ClN9O18/c1-29(2)47(66-51(78)31(5)62-52(79)40(63-55(82)45(76)28-71)11-9-10-34-12-18-37(73)19-13-34)56(83)68-49-33(7)88-60(87)48(30(3)4)67-54(81)43(27-36-17-24-44(75)39(61)26-36)69(8)59(86)50(32(6)72)70-46(77)25-23-42(58(70)85)65-53(80)41(64-57(49)84)22-16-35-14-20-38(74)21-15-35/h12-15,17-21,24,26,29-33,40-43,45-50,71-77H,9-11,16,22-23,25,27-28H2,1-8H3,(H,62,79)(H,63,82)(H,64,84)(H,65,80)(H,66,78)(H,67,81)(H,68,83)/t31-,32+,33-,40-,41-,42-,43-,45+,46+,47-,48-,49-,50+/m0/s1. The topological polar surface area (TPSA) is 412 Å². The third-order valence-corrected chi connectivity index (χ3v) is 15.6. The van der Waals surface area contributed by atoms with E-state index in [1.807, 2.05) is 0 Å². The monoisotopic (exact) mass is 1250 g/mol. The number of carbonyl (C=O) groups excluding carboxylic acids is 10. The minimum Gasteiger partial charge on any atom is -0.508 e. The number of aliphatic hydroxyl groups is 4. The van der Waals surface area contributed by atoms with Crippen LogP contribution in [0, 0.1) is 11.8 Å². The minimum atomic E-state index is -1.92. The summed E-state index contributed by atoms with van der Waals surface area (Å²) in [6.45, 7) is 8.90. The van der Waals surface area contributed by atoms with Crippen LogP contribution in [0.2, 0.25) is 5.02 Å². The normalized spacial score (nSPS) is 23.4. The first-order valence-electron chi connectivity index (χ1n) is 29.0. The van der Waals surface area contributed by atoms with Crippen LogP contribution in [0.5, 0.6) is 17.2 Å². The third-order valence-electron chi connectivity index (χ3n) is 15.3. The maximum absolute atomic E-state index is 15.0. The Morgan fingerprint density at radius 1 is 0.716 bits per heavy atom. The molecule has 0 aromatic heterocycles. The number of amides is 9. The predicted molar refractivity (Wildman–Crippen MR) is 316 cm³/mol. The van der Waals surface area contributed by atoms with Gasteiger partial charge in [-0.3, -0.25) is 43.2 Å². The molecule has 28 heteroatoms. The SMILES string of the molecule is CC(C)[C@H](NC(=O)[C@H](C)NC(=O)[C@H](CCCc1ccc(O)cc1)NC(=O)[C@H](O)CO)C(=O)N[C@@H]1C(=O)N[C@@H](CCc2ccc(O)cc2)C(=O)N[C@H]2CC[C@@H](O)N(C2=O)[C@H]([C@@H](C)O)C(=O)N(C)[C@@H](Cc2ccc(O)c(Cl)c2)C(=O)N[C@@H](C(C)C)C(=O)O[C@H]1C. The lowest BCUT2D eigenvalue weighted by Crippen LogP contribution is -2.67. The molecule has 3 aromatic carbocycles. The summed E-state index contributed by atoms with van der Waals surface area (Å²) in [6.07, 6.45) is -7.25. The Morgan fingerprint density at radius 2 is 1.32 bits per heavy atom. The van der Waals surface area contributed by atoms with E-state index in [1.165, 1.54) is 70.3 Å². The van der Waals surface area contributed by atoms with Crippen molar-refractivity contribution in [2.75, 3.05) is 13.7 Å². The fourth-order valence-electron chi connectivity index (χ4n) is 10.1. The van der Waals surface area contributed by atoms with Gasteiger partial charge in [-0.25, -0.2) is 4.79 Å². The van der Waals surface area contributed by atoms with E-state index in [0.29, 0.717) is 28.9 Å². The maximum atomic E-state index is 15.0. The summed E-state index contributed by atoms with van der Waals surface area (Å²) >= 11 is 6.25. The molecule has 5 rings (SSSR count). The predicted octanol–water partition coefficient (Wildman–Crippen LogP) is -0.804. The number of cyclic esters (lactones) is 1. The van der Waals surface area contributed by atoms with Gasteiger partial charge < -0.3 is 87.5 Å². The molecule has 2 aliphatic rings. The molecule has 9 amide bonds. The Labute approximate surface area is 514 Å². The molecule has 0 saturated carbocycles. The molecule has 0 spiro atoms. The molecule has 0 radical (unpaired) electrons. The van der Waals surface area contributed by atoms with Crippen molar-refractivity contribution in [2.24, 2.45) is 11.8 Å². The van der Waals surface area contributed by atoms with Gasteiger partial charge in [-0.15, -0.1) is 0 Å². The number of nitrogens with one attached hydrogen (secondary N) is 7. The number of likely N-dealkylation sites (N-methyl/N-ethyl adjacent to an activating group) is 1. The van der Waals surface area contributed by atoms with Gasteiger partial charge >= 0.3 is 5.97 Å². The number of fused-ring (bicyclic) bond motifs is 2. The molecule has 482 valence electrons. The van der Waals surface area contributed by atoms with E-state index in [0.717, 1.165) is 10.5 Å². The van der Waals surface area contributed by atoms with Crippen LogP contribution < -0.4 is 37.2 Å². The van der Waals surface area contributed by atoms with Crippen molar-refractivity contribution in [3.05, 3.63) is 88.4 Å². The number of hydrogen-bond acceptors (Lipinski definition) is 18. The fraction of sp³-hybridized carbons (Fsp3) is 0.533. The molecule has 27 nitrogen and oxygen atoms in total. The van der Waals surface area contributed by atoms with Crippen LogP contribution in [-0.4, -0.2) is 197 Å². The molecule has 88 heavy (non-hydrogen) atoms. The number of aromatic hydroxyl groups is 3. The van der Waals surface area contributed by atoms with Gasteiger partial charge in [0.15, 0.2) is 6.10 Å². The van der Waals surface area contributed by atoms with Gasteiger partial charge in [0, 0.05) is 13.5 Å². The van der Waals surface area contributed by atoms with Crippen molar-refractivity contribution >= 4 is 70.7 Å². The van der Waals surface area contributed by atoms with Gasteiger partial charge in [-0.2, -0.15) is 0 Å². The zero-order chi connectivity index (χ0) is 65.4. The highest BCUT2D eigenvalue weighted by atomic mass is 35.5. The number of piperidine rings is 1. The van der Waals surface area contributed by atoms with E-state index >= 15 is 0 Å². The van der Waals surface area contributed by atoms with Gasteiger partial charge in [-0.1, -0.05) is 69.6 Å². The van der Waals surface area contributed by atoms with Crippen LogP contribution in [0.15, 0.2) is 66.7 Å². The second kappa shape index (κ2) is 32.2. The van der Waals surface area contributed by atoms with E-state index in [-0.39, 0.29) is 60.8 Å². The Morgan fingerprint density at radius 3 is 1.89 bits per heavy atom. The zero-order valence-corrected chi connectivity index (χ0v) is 51.0. The van der Waals surface area contributed by atoms with Gasteiger partial charge in [0.25, 0.3) is 5.91 Å². The summed E-state index contributed by atoms with van der Waals surface area (Å²) in [7, 11) is 1.19. The van der Waals surface area contributed by atoms with Crippen molar-refractivity contribution in [1.82, 2.24) is 47.0 Å². The van der Waals surface area contributed by atoms with E-state index in [2.05, 4.69) is 37.2 Å². The molecule has 2 heterocycles. The molecule has 2 bridgehead atoms. The molecule has 2 saturated heterocycles. The summed E-state index contributed by atoms with van der Waals surface area (Å²) in [6, 6.07) is 1.86. The van der Waals surface area contributed by atoms with Crippen molar-refractivity contribution < 1.29 is 88.4 Å². The number of halogens is 1. The number of esters is 1. The number of nitrogens with zero attached hydrogens (tertiary/aromatic N) is 2. The largest absolute Gasteiger partial charge is 0.508 e. The lowest BCUT2D eigenvalue weighted by Gasteiger charge is -2.43. The Balaban J connectivity index is 1.52. The van der Waals surface area contributed by atoms with Crippen molar-refractivity contribution in [3.8, 4) is 17.2 Å². The molecule has 3 aromatic rings. The summed E-state index contributed by atoms with van der Waals surface area (Å²) in [5.41, 5.74) is 1.67. The number of aliphatic hydroxyl groups excluding tert-OH is 4. The van der Waals surface area contributed by atoms with E-state index in [1.54, 1.807) is 52.0 Å². The average molecular weight is 1250 g/mol. The quantitative estimate of drug-likeness (QED) is 0.0580. The summed E-state index contributed by atoms with van der Waals surface area (Å²) < 4.78 is 5.92. The average Bonchev–Trinajstić information content (AvgIpc) is 1.83. The van der Waals surface area contributed by atoms with Crippen LogP contribution in [0.1, 0.15) is 97.3 Å². The molecule has 2 aliphatic heterocycles.